The number of fused-ring (bicyclic) bond motifs is 2. The van der Waals surface area contributed by atoms with E-state index in [0.717, 1.165) is 31.4 Å². The highest BCUT2D eigenvalue weighted by Gasteiger charge is 2.14. The van der Waals surface area contributed by atoms with Crippen molar-refractivity contribution >= 4 is 47.3 Å². The van der Waals surface area contributed by atoms with E-state index >= 15 is 0 Å². The number of benzene rings is 2. The van der Waals surface area contributed by atoms with E-state index in [9.17, 15) is 18.4 Å². The molecule has 0 radical (unpaired) electrons. The van der Waals surface area contributed by atoms with E-state index in [1.807, 2.05) is 57.2 Å². The van der Waals surface area contributed by atoms with Gasteiger partial charge < -0.3 is 15.2 Å². The first-order valence-corrected chi connectivity index (χ1v) is 12.3. The van der Waals surface area contributed by atoms with Crippen molar-refractivity contribution < 1.29 is 17.6 Å². The molecular formula is C21H28N2O5S2. The standard InChI is InChI=1S/C20H24N2O2S.CH4O3S/c1-4-22(24,5-2)13-12-21-16-11-10-14(3)20-18(16)19(23)15-8-6-7-9-17(15)25-20;1-5(2,3)4/h6-11,21H,4-5,12-13H2,1-3H3;1H3,(H,2,3,4). The molecule has 1 heterocycles. The minimum Gasteiger partial charge on any atom is -0.633 e. The fourth-order valence-corrected chi connectivity index (χ4v) is 4.28. The van der Waals surface area contributed by atoms with Gasteiger partial charge in [0.2, 0.25) is 0 Å². The Hall–Kier alpha value is -2.04. The first kappa shape index (κ1) is 24.2. The van der Waals surface area contributed by atoms with E-state index in [1.54, 1.807) is 11.3 Å². The van der Waals surface area contributed by atoms with Crippen LogP contribution in [0.4, 0.5) is 5.69 Å². The smallest absolute Gasteiger partial charge is 0.261 e. The molecule has 0 aliphatic carbocycles. The van der Waals surface area contributed by atoms with E-state index in [-0.39, 0.29) is 10.1 Å². The van der Waals surface area contributed by atoms with Crippen molar-refractivity contribution in [2.45, 2.75) is 20.8 Å². The quantitative estimate of drug-likeness (QED) is 0.253. The van der Waals surface area contributed by atoms with Crippen LogP contribution in [0.15, 0.2) is 41.2 Å². The van der Waals surface area contributed by atoms with Crippen molar-refractivity contribution in [3.05, 3.63) is 57.4 Å². The number of rotatable bonds is 6. The van der Waals surface area contributed by atoms with Crippen LogP contribution in [0.3, 0.4) is 0 Å². The van der Waals surface area contributed by atoms with Crippen LogP contribution in [0, 0.1) is 12.1 Å². The Balaban J connectivity index is 0.000000575. The van der Waals surface area contributed by atoms with E-state index in [2.05, 4.69) is 5.32 Å². The van der Waals surface area contributed by atoms with Crippen molar-refractivity contribution in [2.24, 2.45) is 0 Å². The molecular weight excluding hydrogens is 424 g/mol. The zero-order chi connectivity index (χ0) is 22.5. The Morgan fingerprint density at radius 1 is 1.13 bits per heavy atom. The lowest BCUT2D eigenvalue weighted by Crippen LogP contribution is -2.44. The van der Waals surface area contributed by atoms with Crippen molar-refractivity contribution in [3.63, 3.8) is 0 Å². The Morgan fingerprint density at radius 3 is 2.33 bits per heavy atom. The number of anilines is 1. The van der Waals surface area contributed by atoms with Gasteiger partial charge in [-0.2, -0.15) is 8.42 Å². The third-order valence-corrected chi connectivity index (χ3v) is 6.22. The summed E-state index contributed by atoms with van der Waals surface area (Å²) in [5.41, 5.74) is 1.99. The number of quaternary nitrogens is 1. The van der Waals surface area contributed by atoms with Crippen LogP contribution in [-0.2, 0) is 10.1 Å². The molecule has 0 atom stereocenters. The van der Waals surface area contributed by atoms with E-state index in [0.29, 0.717) is 32.4 Å². The van der Waals surface area contributed by atoms with Gasteiger partial charge in [0.05, 0.1) is 37.8 Å². The summed E-state index contributed by atoms with van der Waals surface area (Å²) in [5.74, 6) is 0. The molecule has 0 aliphatic heterocycles. The molecule has 0 aliphatic rings. The van der Waals surface area contributed by atoms with Gasteiger partial charge in [0, 0.05) is 20.5 Å². The zero-order valence-corrected chi connectivity index (χ0v) is 19.3. The summed E-state index contributed by atoms with van der Waals surface area (Å²) in [5, 5.41) is 17.3. The Kier molecular flexibility index (Phi) is 7.95. The number of aryl methyl sites for hydroxylation is 1. The maximum absolute atomic E-state index is 13.0. The molecule has 164 valence electrons. The van der Waals surface area contributed by atoms with Crippen LogP contribution in [0.1, 0.15) is 19.4 Å². The molecule has 7 nitrogen and oxygen atoms in total. The lowest BCUT2D eigenvalue weighted by atomic mass is 10.1. The number of nitrogens with zero attached hydrogens (tertiary/aromatic N) is 1. The van der Waals surface area contributed by atoms with Crippen LogP contribution in [0.2, 0.25) is 0 Å². The molecule has 0 fully saturated rings. The highest BCUT2D eigenvalue weighted by Crippen LogP contribution is 2.31. The van der Waals surface area contributed by atoms with Crippen LogP contribution < -0.4 is 10.7 Å². The Labute approximate surface area is 180 Å². The molecule has 9 heteroatoms. The van der Waals surface area contributed by atoms with Crippen molar-refractivity contribution in [2.75, 3.05) is 37.8 Å². The molecule has 0 spiro atoms. The largest absolute Gasteiger partial charge is 0.633 e. The summed E-state index contributed by atoms with van der Waals surface area (Å²) in [6.45, 7) is 8.04. The highest BCUT2D eigenvalue weighted by molar-refractivity contribution is 7.85. The maximum atomic E-state index is 13.0. The second-order valence-electron chi connectivity index (χ2n) is 7.14. The van der Waals surface area contributed by atoms with Gasteiger partial charge in [0.1, 0.15) is 0 Å². The number of likely N-dealkylation sites (N-methyl/N-ethyl adjacent to an activating group) is 1. The summed E-state index contributed by atoms with van der Waals surface area (Å²) in [6, 6.07) is 11.7. The molecule has 1 aromatic heterocycles. The summed E-state index contributed by atoms with van der Waals surface area (Å²) in [7, 11) is -3.67. The second kappa shape index (κ2) is 9.84. The molecule has 0 saturated carbocycles. The lowest BCUT2D eigenvalue weighted by Gasteiger charge is -2.41. The number of hydroxylamine groups is 3. The number of nitrogens with one attached hydrogen (secondary N) is 1. The highest BCUT2D eigenvalue weighted by atomic mass is 32.2. The third kappa shape index (κ3) is 6.23. The second-order valence-corrected chi connectivity index (χ2v) is 9.65. The summed E-state index contributed by atoms with van der Waals surface area (Å²) in [6.07, 6.45) is 0.715. The molecule has 30 heavy (non-hydrogen) atoms. The first-order valence-electron chi connectivity index (χ1n) is 9.67. The van der Waals surface area contributed by atoms with Crippen LogP contribution in [0.5, 0.6) is 0 Å². The van der Waals surface area contributed by atoms with E-state index in [4.69, 9.17) is 4.55 Å². The Morgan fingerprint density at radius 2 is 1.73 bits per heavy atom. The predicted octanol–water partition coefficient (Wildman–Crippen LogP) is 3.99. The van der Waals surface area contributed by atoms with Gasteiger partial charge in [-0.15, -0.1) is 11.3 Å². The molecule has 3 aromatic rings. The van der Waals surface area contributed by atoms with Crippen LogP contribution in [-0.4, -0.2) is 50.1 Å². The average molecular weight is 453 g/mol. The summed E-state index contributed by atoms with van der Waals surface area (Å²) in [4.78, 5) is 13.0. The van der Waals surface area contributed by atoms with E-state index in [1.165, 1.54) is 0 Å². The minimum atomic E-state index is -3.67. The van der Waals surface area contributed by atoms with Gasteiger partial charge in [-0.25, -0.2) is 0 Å². The maximum Gasteiger partial charge on any atom is 0.261 e. The van der Waals surface area contributed by atoms with Gasteiger partial charge >= 0.3 is 0 Å². The molecule has 3 rings (SSSR count). The monoisotopic (exact) mass is 452 g/mol. The summed E-state index contributed by atoms with van der Waals surface area (Å²) < 4.78 is 27.7. The Bertz CT molecular complexity index is 1180. The lowest BCUT2D eigenvalue weighted by molar-refractivity contribution is -0.875. The number of hydrogen-bond donors (Lipinski definition) is 2. The van der Waals surface area contributed by atoms with Crippen molar-refractivity contribution in [1.29, 1.82) is 0 Å². The molecule has 0 saturated heterocycles. The average Bonchev–Trinajstić information content (AvgIpc) is 2.69. The normalized spacial score (nSPS) is 11.9. The minimum absolute atomic E-state index is 0.0596. The van der Waals surface area contributed by atoms with Gasteiger partial charge in [-0.05, 0) is 44.5 Å². The van der Waals surface area contributed by atoms with Crippen LogP contribution >= 0.6 is 11.3 Å². The van der Waals surface area contributed by atoms with Gasteiger partial charge in [0.15, 0.2) is 5.43 Å². The SMILES string of the molecule is CC[N+]([O-])(CC)CCNc1ccc(C)c2sc3ccccc3c(=O)c12.CS(=O)(=O)O. The predicted molar refractivity (Wildman–Crippen MR) is 126 cm³/mol. The fourth-order valence-electron chi connectivity index (χ4n) is 3.11. The molecule has 2 N–H and O–H groups in total. The van der Waals surface area contributed by atoms with Crippen LogP contribution in [0.25, 0.3) is 20.2 Å². The molecule has 2 aromatic carbocycles. The van der Waals surface area contributed by atoms with Gasteiger partial charge in [0.25, 0.3) is 10.1 Å². The molecule has 0 unspecified atom stereocenters. The van der Waals surface area contributed by atoms with Crippen molar-refractivity contribution in [3.8, 4) is 0 Å². The van der Waals surface area contributed by atoms with E-state index < -0.39 is 10.1 Å². The van der Waals surface area contributed by atoms with Gasteiger partial charge in [-0.3, -0.25) is 9.35 Å². The molecule has 0 bridgehead atoms. The summed E-state index contributed by atoms with van der Waals surface area (Å²) >= 11 is 1.65. The first-order chi connectivity index (χ1) is 14.0. The number of hydrogen-bond acceptors (Lipinski definition) is 6. The molecule has 0 amide bonds. The van der Waals surface area contributed by atoms with Crippen molar-refractivity contribution in [1.82, 2.24) is 0 Å². The fraction of sp³-hybridized carbons (Fsp3) is 0.381. The topological polar surface area (TPSA) is 107 Å². The third-order valence-electron chi connectivity index (χ3n) is 4.91. The zero-order valence-electron chi connectivity index (χ0n) is 17.6. The van der Waals surface area contributed by atoms with Gasteiger partial charge in [-0.1, -0.05) is 18.2 Å².